The van der Waals surface area contributed by atoms with E-state index in [4.69, 9.17) is 28.4 Å². The third-order valence-corrected chi connectivity index (χ3v) is 6.34. The second-order valence-corrected chi connectivity index (χ2v) is 9.12. The van der Waals surface area contributed by atoms with Gasteiger partial charge in [-0.1, -0.05) is 0 Å². The lowest BCUT2D eigenvalue weighted by atomic mass is 9.89. The van der Waals surface area contributed by atoms with Crippen LogP contribution in [0.15, 0.2) is 48.5 Å². The van der Waals surface area contributed by atoms with Crippen LogP contribution in [0.2, 0.25) is 0 Å². The molecular weight excluding hydrogens is 452 g/mol. The van der Waals surface area contributed by atoms with Crippen LogP contribution in [0, 0.1) is 5.92 Å². The van der Waals surface area contributed by atoms with Crippen molar-refractivity contribution < 1.29 is 38.0 Å². The van der Waals surface area contributed by atoms with E-state index in [0.29, 0.717) is 54.8 Å². The van der Waals surface area contributed by atoms with Gasteiger partial charge in [-0.15, -0.1) is 0 Å². The van der Waals surface area contributed by atoms with Crippen molar-refractivity contribution in [2.24, 2.45) is 5.92 Å². The minimum Gasteiger partial charge on any atom is -0.494 e. The molecule has 0 bridgehead atoms. The summed E-state index contributed by atoms with van der Waals surface area (Å²) in [6.07, 6.45) is 5.11. The fourth-order valence-corrected chi connectivity index (χ4v) is 4.12. The van der Waals surface area contributed by atoms with E-state index in [0.717, 1.165) is 38.7 Å². The zero-order valence-electron chi connectivity index (χ0n) is 19.6. The van der Waals surface area contributed by atoms with E-state index in [1.165, 1.54) is 0 Å². The van der Waals surface area contributed by atoms with Crippen LogP contribution in [-0.2, 0) is 19.0 Å². The van der Waals surface area contributed by atoms with Crippen molar-refractivity contribution in [2.75, 3.05) is 26.4 Å². The summed E-state index contributed by atoms with van der Waals surface area (Å²) in [6, 6.07) is 13.3. The summed E-state index contributed by atoms with van der Waals surface area (Å²) in [5, 5.41) is 0. The first-order valence-corrected chi connectivity index (χ1v) is 12.3. The SMILES string of the molecule is O=C(Oc1ccc(OCCCCOCC2CO2)cc1)c1ccc(OC(=O)C2CCC3OC3C2)cc1. The molecule has 8 nitrogen and oxygen atoms in total. The molecule has 5 rings (SSSR count). The molecule has 2 aromatic carbocycles. The van der Waals surface area contributed by atoms with Gasteiger partial charge in [-0.2, -0.15) is 0 Å². The van der Waals surface area contributed by atoms with E-state index >= 15 is 0 Å². The summed E-state index contributed by atoms with van der Waals surface area (Å²) in [6.45, 7) is 2.79. The summed E-state index contributed by atoms with van der Waals surface area (Å²) in [5.41, 5.74) is 0.368. The summed E-state index contributed by atoms with van der Waals surface area (Å²) >= 11 is 0. The van der Waals surface area contributed by atoms with Gasteiger partial charge in [0.1, 0.15) is 23.4 Å². The maximum absolute atomic E-state index is 12.5. The van der Waals surface area contributed by atoms with E-state index in [1.807, 2.05) is 0 Å². The number of unbranched alkanes of at least 4 members (excludes halogenated alkanes) is 1. The van der Waals surface area contributed by atoms with Crippen LogP contribution in [0.4, 0.5) is 0 Å². The fraction of sp³-hybridized carbons (Fsp3) is 0.481. The molecular formula is C27H30O8. The first kappa shape index (κ1) is 23.8. The maximum atomic E-state index is 12.5. The zero-order valence-corrected chi connectivity index (χ0v) is 19.6. The van der Waals surface area contributed by atoms with Gasteiger partial charge in [0.25, 0.3) is 0 Å². The van der Waals surface area contributed by atoms with Gasteiger partial charge in [0.15, 0.2) is 0 Å². The number of epoxide rings is 2. The van der Waals surface area contributed by atoms with Gasteiger partial charge in [-0.05, 0) is 80.6 Å². The van der Waals surface area contributed by atoms with Gasteiger partial charge < -0.3 is 28.4 Å². The van der Waals surface area contributed by atoms with Gasteiger partial charge in [-0.25, -0.2) is 4.79 Å². The van der Waals surface area contributed by atoms with Gasteiger partial charge in [0, 0.05) is 6.61 Å². The van der Waals surface area contributed by atoms with Crippen LogP contribution in [0.1, 0.15) is 42.5 Å². The van der Waals surface area contributed by atoms with E-state index in [-0.39, 0.29) is 18.0 Å². The predicted molar refractivity (Wildman–Crippen MR) is 125 cm³/mol. The average Bonchev–Trinajstić information content (AvgIpc) is 3.80. The molecule has 1 aliphatic carbocycles. The van der Waals surface area contributed by atoms with Crippen LogP contribution in [0.25, 0.3) is 0 Å². The molecule has 0 aromatic heterocycles. The molecule has 0 N–H and O–H groups in total. The zero-order chi connectivity index (χ0) is 24.0. The van der Waals surface area contributed by atoms with Crippen molar-refractivity contribution in [2.45, 2.75) is 50.4 Å². The third kappa shape index (κ3) is 7.04. The lowest BCUT2D eigenvalue weighted by Crippen LogP contribution is -2.25. The average molecular weight is 483 g/mol. The molecule has 2 aromatic rings. The number of rotatable bonds is 12. The Morgan fingerprint density at radius 1 is 0.829 bits per heavy atom. The monoisotopic (exact) mass is 482 g/mol. The maximum Gasteiger partial charge on any atom is 0.343 e. The molecule has 3 fully saturated rings. The standard InChI is InChI=1S/C27H30O8/c28-26(18-3-6-21(7-4-18)34-27(29)19-5-12-24-25(15-19)35-24)33-22-10-8-20(9-11-22)31-14-2-1-13-30-16-23-17-32-23/h3-4,6-11,19,23-25H,1-2,5,12-17H2. The predicted octanol–water partition coefficient (Wildman–Crippen LogP) is 3.95. The Kier molecular flexibility index (Phi) is 7.61. The highest BCUT2D eigenvalue weighted by molar-refractivity contribution is 5.91. The smallest absolute Gasteiger partial charge is 0.343 e. The summed E-state index contributed by atoms with van der Waals surface area (Å²) in [7, 11) is 0. The topological polar surface area (TPSA) is 96.1 Å². The molecule has 2 heterocycles. The van der Waals surface area contributed by atoms with Crippen molar-refractivity contribution in [3.8, 4) is 17.2 Å². The van der Waals surface area contributed by atoms with Gasteiger partial charge in [0.05, 0.1) is 43.5 Å². The van der Waals surface area contributed by atoms with Crippen LogP contribution in [0.5, 0.6) is 17.2 Å². The van der Waals surface area contributed by atoms with Crippen LogP contribution in [0.3, 0.4) is 0 Å². The molecule has 4 atom stereocenters. The van der Waals surface area contributed by atoms with Crippen LogP contribution in [-0.4, -0.2) is 56.7 Å². The Bertz CT molecular complexity index is 999. The third-order valence-electron chi connectivity index (χ3n) is 6.34. The van der Waals surface area contributed by atoms with Gasteiger partial charge >= 0.3 is 11.9 Å². The second kappa shape index (κ2) is 11.2. The molecule has 0 spiro atoms. The Morgan fingerprint density at radius 2 is 1.51 bits per heavy atom. The highest BCUT2D eigenvalue weighted by Gasteiger charge is 2.46. The van der Waals surface area contributed by atoms with Crippen molar-refractivity contribution in [1.29, 1.82) is 0 Å². The Labute approximate surface area is 204 Å². The van der Waals surface area contributed by atoms with Crippen LogP contribution >= 0.6 is 0 Å². The van der Waals surface area contributed by atoms with Crippen molar-refractivity contribution in [3.05, 3.63) is 54.1 Å². The molecule has 186 valence electrons. The molecule has 2 saturated heterocycles. The Hall–Kier alpha value is -2.94. The summed E-state index contributed by atoms with van der Waals surface area (Å²) in [4.78, 5) is 24.8. The number of esters is 2. The number of carbonyl (C=O) groups excluding carboxylic acids is 2. The summed E-state index contributed by atoms with van der Waals surface area (Å²) < 4.78 is 32.7. The van der Waals surface area contributed by atoms with E-state index in [9.17, 15) is 9.59 Å². The first-order valence-electron chi connectivity index (χ1n) is 12.3. The van der Waals surface area contributed by atoms with E-state index in [2.05, 4.69) is 0 Å². The molecule has 0 amide bonds. The minimum atomic E-state index is -0.489. The molecule has 3 aliphatic rings. The lowest BCUT2D eigenvalue weighted by molar-refractivity contribution is -0.139. The number of ether oxygens (including phenoxy) is 6. The number of fused-ring (bicyclic) bond motifs is 1. The minimum absolute atomic E-state index is 0.128. The largest absolute Gasteiger partial charge is 0.494 e. The van der Waals surface area contributed by atoms with Gasteiger partial charge in [-0.3, -0.25) is 4.79 Å². The molecule has 4 unspecified atom stereocenters. The first-order chi connectivity index (χ1) is 17.1. The summed E-state index contributed by atoms with van der Waals surface area (Å²) in [5.74, 6) is 0.689. The number of hydrogen-bond donors (Lipinski definition) is 0. The number of benzene rings is 2. The lowest BCUT2D eigenvalue weighted by Gasteiger charge is -2.17. The second-order valence-electron chi connectivity index (χ2n) is 9.12. The number of carbonyl (C=O) groups is 2. The Balaban J connectivity index is 1.01. The molecule has 35 heavy (non-hydrogen) atoms. The van der Waals surface area contributed by atoms with Gasteiger partial charge in [0.2, 0.25) is 0 Å². The van der Waals surface area contributed by atoms with E-state index in [1.54, 1.807) is 48.5 Å². The number of hydrogen-bond acceptors (Lipinski definition) is 8. The normalized spacial score (nSPS) is 24.2. The highest BCUT2D eigenvalue weighted by Crippen LogP contribution is 2.39. The van der Waals surface area contributed by atoms with E-state index < -0.39 is 5.97 Å². The van der Waals surface area contributed by atoms with Crippen molar-refractivity contribution in [1.82, 2.24) is 0 Å². The molecule has 8 heteroatoms. The highest BCUT2D eigenvalue weighted by atomic mass is 16.6. The van der Waals surface area contributed by atoms with Crippen LogP contribution < -0.4 is 14.2 Å². The molecule has 1 saturated carbocycles. The molecule has 0 radical (unpaired) electrons. The quantitative estimate of drug-likeness (QED) is 0.194. The fourth-order valence-electron chi connectivity index (χ4n) is 4.12. The Morgan fingerprint density at radius 3 is 2.26 bits per heavy atom. The molecule has 2 aliphatic heterocycles. The van der Waals surface area contributed by atoms with Crippen molar-refractivity contribution >= 4 is 11.9 Å². The van der Waals surface area contributed by atoms with Crippen molar-refractivity contribution in [3.63, 3.8) is 0 Å².